The van der Waals surface area contributed by atoms with E-state index in [4.69, 9.17) is 32.7 Å². The van der Waals surface area contributed by atoms with Gasteiger partial charge >= 0.3 is 5.97 Å². The Hall–Kier alpha value is -1.71. The van der Waals surface area contributed by atoms with E-state index >= 15 is 0 Å². The lowest BCUT2D eigenvalue weighted by Gasteiger charge is -2.10. The molecule has 0 aromatic heterocycles. The van der Waals surface area contributed by atoms with Gasteiger partial charge in [-0.05, 0) is 62.7 Å². The number of hydrogen-bond acceptors (Lipinski definition) is 3. The molecule has 0 saturated carbocycles. The molecule has 0 amide bonds. The third-order valence-electron chi connectivity index (χ3n) is 2.93. The van der Waals surface area contributed by atoms with Crippen LogP contribution in [0.1, 0.15) is 29.8 Å². The zero-order valence-electron chi connectivity index (χ0n) is 12.5. The van der Waals surface area contributed by atoms with Crippen molar-refractivity contribution in [3.05, 3.63) is 57.6 Å². The van der Waals surface area contributed by atoms with Gasteiger partial charge in [-0.3, -0.25) is 0 Å². The smallest absolute Gasteiger partial charge is 0.343 e. The summed E-state index contributed by atoms with van der Waals surface area (Å²) in [6.45, 7) is 5.67. The van der Waals surface area contributed by atoms with Crippen molar-refractivity contribution in [3.8, 4) is 11.5 Å². The normalized spacial score (nSPS) is 10.6. The second-order valence-corrected chi connectivity index (χ2v) is 5.91. The molecule has 2 rings (SSSR count). The van der Waals surface area contributed by atoms with Crippen molar-refractivity contribution in [2.75, 3.05) is 0 Å². The number of esters is 1. The van der Waals surface area contributed by atoms with Crippen LogP contribution in [0.5, 0.6) is 11.5 Å². The molecule has 0 atom stereocenters. The minimum atomic E-state index is -0.480. The molecule has 116 valence electrons. The first-order valence-corrected chi connectivity index (χ1v) is 7.57. The van der Waals surface area contributed by atoms with Gasteiger partial charge in [-0.25, -0.2) is 4.79 Å². The van der Waals surface area contributed by atoms with Crippen LogP contribution in [0.25, 0.3) is 0 Å². The average Bonchev–Trinajstić information content (AvgIpc) is 2.44. The quantitative estimate of drug-likeness (QED) is 0.559. The van der Waals surface area contributed by atoms with Gasteiger partial charge in [0.1, 0.15) is 11.5 Å². The summed E-state index contributed by atoms with van der Waals surface area (Å²) in [5, 5.41) is 0.909. The van der Waals surface area contributed by atoms with Crippen LogP contribution in [-0.4, -0.2) is 12.1 Å². The van der Waals surface area contributed by atoms with Gasteiger partial charge in [-0.15, -0.1) is 0 Å². The monoisotopic (exact) mass is 338 g/mol. The summed E-state index contributed by atoms with van der Waals surface area (Å²) in [6.07, 6.45) is 0.0784. The number of carbonyl (C=O) groups excluding carboxylic acids is 1. The van der Waals surface area contributed by atoms with Crippen molar-refractivity contribution >= 4 is 29.2 Å². The number of halogens is 2. The Kier molecular flexibility index (Phi) is 5.33. The molecule has 3 nitrogen and oxygen atoms in total. The maximum atomic E-state index is 12.1. The highest BCUT2D eigenvalue weighted by atomic mass is 35.5. The van der Waals surface area contributed by atoms with E-state index in [0.717, 1.165) is 5.56 Å². The summed E-state index contributed by atoms with van der Waals surface area (Å²) >= 11 is 12.1. The van der Waals surface area contributed by atoms with Crippen LogP contribution in [0, 0.1) is 6.92 Å². The van der Waals surface area contributed by atoms with E-state index < -0.39 is 5.97 Å². The molecule has 0 bridgehead atoms. The average molecular weight is 339 g/mol. The molecule has 0 aliphatic carbocycles. The Morgan fingerprint density at radius 1 is 1.00 bits per heavy atom. The van der Waals surface area contributed by atoms with Gasteiger partial charge in [0.05, 0.1) is 11.7 Å². The fourth-order valence-corrected chi connectivity index (χ4v) is 2.26. The molecule has 0 unspecified atom stereocenters. The first kappa shape index (κ1) is 16.7. The molecule has 2 aromatic carbocycles. The van der Waals surface area contributed by atoms with E-state index in [9.17, 15) is 4.79 Å². The minimum absolute atomic E-state index is 0.0784. The molecule has 0 radical (unpaired) electrons. The SMILES string of the molecule is Cc1c(Cl)cc(OC(=O)c2ccc(OC(C)C)cc2)cc1Cl. The van der Waals surface area contributed by atoms with Gasteiger partial charge in [0.25, 0.3) is 0 Å². The maximum Gasteiger partial charge on any atom is 0.343 e. The first-order chi connectivity index (χ1) is 10.4. The highest BCUT2D eigenvalue weighted by Crippen LogP contribution is 2.29. The zero-order chi connectivity index (χ0) is 16.3. The Bertz CT molecular complexity index is 656. The first-order valence-electron chi connectivity index (χ1n) is 6.81. The Morgan fingerprint density at radius 2 is 1.55 bits per heavy atom. The predicted molar refractivity (Wildman–Crippen MR) is 88.4 cm³/mol. The molecule has 22 heavy (non-hydrogen) atoms. The lowest BCUT2D eigenvalue weighted by molar-refractivity contribution is 0.0735. The van der Waals surface area contributed by atoms with E-state index in [1.807, 2.05) is 13.8 Å². The van der Waals surface area contributed by atoms with Crippen LogP contribution in [-0.2, 0) is 0 Å². The lowest BCUT2D eigenvalue weighted by Crippen LogP contribution is -2.09. The highest BCUT2D eigenvalue weighted by molar-refractivity contribution is 6.36. The molecular formula is C17H16Cl2O3. The van der Waals surface area contributed by atoms with Gasteiger partial charge in [-0.1, -0.05) is 23.2 Å². The van der Waals surface area contributed by atoms with Gasteiger partial charge in [0.2, 0.25) is 0 Å². The van der Waals surface area contributed by atoms with Crippen molar-refractivity contribution in [1.29, 1.82) is 0 Å². The zero-order valence-corrected chi connectivity index (χ0v) is 14.0. The van der Waals surface area contributed by atoms with E-state index in [-0.39, 0.29) is 6.10 Å². The van der Waals surface area contributed by atoms with Crippen LogP contribution in [0.4, 0.5) is 0 Å². The Balaban J connectivity index is 2.12. The number of rotatable bonds is 4. The van der Waals surface area contributed by atoms with Crippen LogP contribution < -0.4 is 9.47 Å². The summed E-state index contributed by atoms with van der Waals surface area (Å²) in [6, 6.07) is 9.89. The molecule has 0 aliphatic rings. The van der Waals surface area contributed by atoms with Crippen molar-refractivity contribution in [3.63, 3.8) is 0 Å². The van der Waals surface area contributed by atoms with E-state index in [1.54, 1.807) is 43.3 Å². The molecule has 0 spiro atoms. The third-order valence-corrected chi connectivity index (χ3v) is 3.71. The van der Waals surface area contributed by atoms with Crippen LogP contribution in [0.3, 0.4) is 0 Å². The van der Waals surface area contributed by atoms with Crippen molar-refractivity contribution in [2.45, 2.75) is 26.9 Å². The fourth-order valence-electron chi connectivity index (χ4n) is 1.79. The summed E-state index contributed by atoms with van der Waals surface area (Å²) in [5.41, 5.74) is 1.17. The second kappa shape index (κ2) is 7.03. The lowest BCUT2D eigenvalue weighted by atomic mass is 10.2. The summed E-state index contributed by atoms with van der Waals surface area (Å²) in [4.78, 5) is 12.1. The number of ether oxygens (including phenoxy) is 2. The largest absolute Gasteiger partial charge is 0.491 e. The maximum absolute atomic E-state index is 12.1. The van der Waals surface area contributed by atoms with Gasteiger partial charge in [0, 0.05) is 10.0 Å². The summed E-state index contributed by atoms with van der Waals surface area (Å²) < 4.78 is 10.8. The Labute approximate surface area is 139 Å². The molecular weight excluding hydrogens is 323 g/mol. The van der Waals surface area contributed by atoms with Crippen LogP contribution in [0.2, 0.25) is 10.0 Å². The number of carbonyl (C=O) groups is 1. The Morgan fingerprint density at radius 3 is 2.05 bits per heavy atom. The number of benzene rings is 2. The molecule has 5 heteroatoms. The molecule has 0 saturated heterocycles. The third kappa shape index (κ3) is 4.15. The molecule has 0 N–H and O–H groups in total. The van der Waals surface area contributed by atoms with E-state index in [2.05, 4.69) is 0 Å². The van der Waals surface area contributed by atoms with E-state index in [1.165, 1.54) is 0 Å². The van der Waals surface area contributed by atoms with Crippen molar-refractivity contribution in [1.82, 2.24) is 0 Å². The summed E-state index contributed by atoms with van der Waals surface area (Å²) in [5.74, 6) is 0.535. The van der Waals surface area contributed by atoms with Crippen LogP contribution in [0.15, 0.2) is 36.4 Å². The second-order valence-electron chi connectivity index (χ2n) is 5.09. The van der Waals surface area contributed by atoms with Gasteiger partial charge in [0.15, 0.2) is 0 Å². The van der Waals surface area contributed by atoms with E-state index in [0.29, 0.717) is 27.1 Å². The van der Waals surface area contributed by atoms with Crippen LogP contribution >= 0.6 is 23.2 Å². The topological polar surface area (TPSA) is 35.5 Å². The highest BCUT2D eigenvalue weighted by Gasteiger charge is 2.12. The molecule has 0 heterocycles. The minimum Gasteiger partial charge on any atom is -0.491 e. The predicted octanol–water partition coefficient (Wildman–Crippen LogP) is 5.31. The van der Waals surface area contributed by atoms with Crippen molar-refractivity contribution < 1.29 is 14.3 Å². The molecule has 2 aromatic rings. The van der Waals surface area contributed by atoms with Gasteiger partial charge in [-0.2, -0.15) is 0 Å². The molecule has 0 aliphatic heterocycles. The van der Waals surface area contributed by atoms with Crippen molar-refractivity contribution in [2.24, 2.45) is 0 Å². The summed E-state index contributed by atoms with van der Waals surface area (Å²) in [7, 11) is 0. The fraction of sp³-hybridized carbons (Fsp3) is 0.235. The molecule has 0 fully saturated rings. The van der Waals surface area contributed by atoms with Gasteiger partial charge < -0.3 is 9.47 Å². The number of hydrogen-bond donors (Lipinski definition) is 0. The standard InChI is InChI=1S/C17H16Cl2O3/c1-10(2)21-13-6-4-12(5-7-13)17(20)22-14-8-15(18)11(3)16(19)9-14/h4-10H,1-3H3.